The monoisotopic (exact) mass is 443 g/mol. The van der Waals surface area contributed by atoms with Crippen LogP contribution in [0.5, 0.6) is 0 Å². The van der Waals surface area contributed by atoms with Gasteiger partial charge in [0.25, 0.3) is 0 Å². The summed E-state index contributed by atoms with van der Waals surface area (Å²) in [4.78, 5) is 4.92. The van der Waals surface area contributed by atoms with Crippen molar-refractivity contribution in [1.82, 2.24) is 4.98 Å². The highest BCUT2D eigenvalue weighted by Gasteiger charge is 2.52. The molecule has 1 aliphatic heterocycles. The average molecular weight is 443 g/mol. The van der Waals surface area contributed by atoms with Crippen LogP contribution in [0, 0.1) is 0 Å². The molecule has 31 heavy (non-hydrogen) atoms. The molecule has 1 fully saturated rings. The van der Waals surface area contributed by atoms with Crippen LogP contribution in [-0.2, 0) is 9.31 Å². The summed E-state index contributed by atoms with van der Waals surface area (Å²) in [5.74, 6) is 0. The van der Waals surface area contributed by atoms with Gasteiger partial charge in [0.05, 0.1) is 21.4 Å². The first-order chi connectivity index (χ1) is 14.8. The van der Waals surface area contributed by atoms with Crippen molar-refractivity contribution in [2.75, 3.05) is 0 Å². The third-order valence-corrected chi connectivity index (χ3v) is 8.85. The maximum Gasteiger partial charge on any atom is 0.496 e. The molecule has 5 aromatic rings. The Kier molecular flexibility index (Phi) is 4.16. The topological polar surface area (TPSA) is 31.4 Å². The molecule has 3 nitrogen and oxygen atoms in total. The lowest BCUT2D eigenvalue weighted by Gasteiger charge is -2.32. The molecule has 0 spiro atoms. The van der Waals surface area contributed by atoms with E-state index in [4.69, 9.17) is 14.3 Å². The van der Waals surface area contributed by atoms with E-state index in [1.807, 2.05) is 6.07 Å². The van der Waals surface area contributed by atoms with E-state index in [0.717, 1.165) is 16.0 Å². The highest BCUT2D eigenvalue weighted by atomic mass is 32.1. The predicted molar refractivity (Wildman–Crippen MR) is 134 cm³/mol. The highest BCUT2D eigenvalue weighted by Crippen LogP contribution is 2.41. The number of nitrogens with zero attached hydrogens (tertiary/aromatic N) is 1. The lowest BCUT2D eigenvalue weighted by Crippen LogP contribution is -2.41. The fourth-order valence-electron chi connectivity index (χ4n) is 4.10. The maximum absolute atomic E-state index is 6.36. The van der Waals surface area contributed by atoms with Crippen molar-refractivity contribution < 1.29 is 9.31 Å². The predicted octanol–water partition coefficient (Wildman–Crippen LogP) is 6.63. The number of aromatic nitrogens is 1. The molecule has 0 saturated carbocycles. The van der Waals surface area contributed by atoms with Crippen molar-refractivity contribution >= 4 is 65.6 Å². The van der Waals surface area contributed by atoms with Gasteiger partial charge >= 0.3 is 7.12 Å². The smallest absolute Gasteiger partial charge is 0.399 e. The number of hydrogen-bond donors (Lipinski definition) is 0. The summed E-state index contributed by atoms with van der Waals surface area (Å²) in [6, 6.07) is 21.4. The van der Waals surface area contributed by atoms with Gasteiger partial charge in [0, 0.05) is 31.2 Å². The van der Waals surface area contributed by atoms with Crippen LogP contribution in [0.1, 0.15) is 27.7 Å². The van der Waals surface area contributed by atoms with Crippen molar-refractivity contribution in [3.63, 3.8) is 0 Å². The van der Waals surface area contributed by atoms with Crippen LogP contribution in [0.3, 0.4) is 0 Å². The van der Waals surface area contributed by atoms with Crippen molar-refractivity contribution in [2.45, 2.75) is 38.9 Å². The average Bonchev–Trinajstić information content (AvgIpc) is 3.37. The third-order valence-electron chi connectivity index (χ3n) is 6.57. The SMILES string of the molecule is CC1(C)OB(c2cccc3c2sc2cc4nc(-c5ccccc5)sc4cc23)OC1(C)C. The first-order valence-corrected chi connectivity index (χ1v) is 12.1. The Morgan fingerprint density at radius 1 is 0.774 bits per heavy atom. The van der Waals surface area contributed by atoms with Crippen LogP contribution in [0.15, 0.2) is 60.7 Å². The number of benzene rings is 3. The zero-order chi connectivity index (χ0) is 21.4. The van der Waals surface area contributed by atoms with E-state index in [1.54, 1.807) is 22.7 Å². The highest BCUT2D eigenvalue weighted by molar-refractivity contribution is 7.27. The first kappa shape index (κ1) is 19.4. The van der Waals surface area contributed by atoms with Crippen LogP contribution in [0.2, 0.25) is 0 Å². The van der Waals surface area contributed by atoms with Crippen LogP contribution < -0.4 is 5.46 Å². The summed E-state index contributed by atoms with van der Waals surface area (Å²) in [6.07, 6.45) is 0. The second-order valence-corrected chi connectivity index (χ2v) is 11.2. The molecular formula is C25H22BNO2S2. The van der Waals surface area contributed by atoms with Gasteiger partial charge < -0.3 is 9.31 Å². The second-order valence-electron chi connectivity index (χ2n) is 9.12. The van der Waals surface area contributed by atoms with E-state index in [0.29, 0.717) is 0 Å². The summed E-state index contributed by atoms with van der Waals surface area (Å²) in [6.45, 7) is 8.40. The van der Waals surface area contributed by atoms with Gasteiger partial charge in [-0.1, -0.05) is 48.5 Å². The molecule has 0 aliphatic carbocycles. The number of thiazole rings is 1. The van der Waals surface area contributed by atoms with E-state index in [1.165, 1.54) is 30.4 Å². The van der Waals surface area contributed by atoms with Crippen molar-refractivity contribution in [3.05, 3.63) is 60.7 Å². The number of fused-ring (bicyclic) bond motifs is 4. The fraction of sp³-hybridized carbons (Fsp3) is 0.240. The number of thiophene rings is 1. The summed E-state index contributed by atoms with van der Waals surface area (Å²) in [5.41, 5.74) is 2.63. The molecule has 0 radical (unpaired) electrons. The van der Waals surface area contributed by atoms with E-state index in [9.17, 15) is 0 Å². The Labute approximate surface area is 189 Å². The van der Waals surface area contributed by atoms with Gasteiger partial charge in [0.15, 0.2) is 0 Å². The van der Waals surface area contributed by atoms with Crippen LogP contribution in [0.25, 0.3) is 41.0 Å². The molecule has 154 valence electrons. The Bertz CT molecular complexity index is 1440. The van der Waals surface area contributed by atoms with Gasteiger partial charge in [-0.05, 0) is 39.8 Å². The zero-order valence-electron chi connectivity index (χ0n) is 17.9. The Balaban J connectivity index is 1.50. The molecule has 3 aromatic carbocycles. The minimum Gasteiger partial charge on any atom is -0.399 e. The third kappa shape index (κ3) is 2.97. The first-order valence-electron chi connectivity index (χ1n) is 10.5. The van der Waals surface area contributed by atoms with E-state index >= 15 is 0 Å². The van der Waals surface area contributed by atoms with Crippen LogP contribution >= 0.6 is 22.7 Å². The van der Waals surface area contributed by atoms with E-state index in [2.05, 4.69) is 82.3 Å². The van der Waals surface area contributed by atoms with Gasteiger partial charge in [0.2, 0.25) is 0 Å². The summed E-state index contributed by atoms with van der Waals surface area (Å²) < 4.78 is 16.4. The number of hydrogen-bond acceptors (Lipinski definition) is 5. The van der Waals surface area contributed by atoms with Crippen LogP contribution in [0.4, 0.5) is 0 Å². The molecular weight excluding hydrogens is 421 g/mol. The van der Waals surface area contributed by atoms with Gasteiger partial charge in [0.1, 0.15) is 5.01 Å². The standard InChI is InChI=1S/C25H22BNO2S2/c1-24(2)25(3,4)29-26(28-24)18-12-8-11-16-17-13-21-19(14-20(17)30-22(16)18)27-23(31-21)15-9-6-5-7-10-15/h5-14H,1-4H3. The molecule has 0 unspecified atom stereocenters. The van der Waals surface area contributed by atoms with Crippen molar-refractivity contribution in [3.8, 4) is 10.6 Å². The summed E-state index contributed by atoms with van der Waals surface area (Å²) >= 11 is 3.55. The lowest BCUT2D eigenvalue weighted by atomic mass is 9.78. The molecule has 0 amide bonds. The normalized spacial score (nSPS) is 17.9. The van der Waals surface area contributed by atoms with Crippen LogP contribution in [-0.4, -0.2) is 23.3 Å². The van der Waals surface area contributed by atoms with Crippen molar-refractivity contribution in [2.24, 2.45) is 0 Å². The summed E-state index contributed by atoms with van der Waals surface area (Å²) in [7, 11) is -0.356. The summed E-state index contributed by atoms with van der Waals surface area (Å²) in [5, 5.41) is 3.59. The van der Waals surface area contributed by atoms with E-state index < -0.39 is 0 Å². The second kappa shape index (κ2) is 6.63. The van der Waals surface area contributed by atoms with Gasteiger partial charge in [-0.3, -0.25) is 0 Å². The maximum atomic E-state index is 6.36. The lowest BCUT2D eigenvalue weighted by molar-refractivity contribution is 0.00578. The van der Waals surface area contributed by atoms with E-state index in [-0.39, 0.29) is 18.3 Å². The molecule has 3 heterocycles. The molecule has 1 aliphatic rings. The van der Waals surface area contributed by atoms with Gasteiger partial charge in [-0.25, -0.2) is 4.98 Å². The Morgan fingerprint density at radius 2 is 1.52 bits per heavy atom. The quantitative estimate of drug-likeness (QED) is 0.287. The minimum absolute atomic E-state index is 0.350. The molecule has 6 heteroatoms. The Morgan fingerprint density at radius 3 is 2.26 bits per heavy atom. The fourth-order valence-corrected chi connectivity index (χ4v) is 6.33. The van der Waals surface area contributed by atoms with Gasteiger partial charge in [-0.2, -0.15) is 0 Å². The minimum atomic E-state index is -0.356. The molecule has 0 atom stereocenters. The zero-order valence-corrected chi connectivity index (χ0v) is 19.6. The Hall–Kier alpha value is -2.25. The molecule has 0 bridgehead atoms. The number of rotatable bonds is 2. The molecule has 1 saturated heterocycles. The molecule has 0 N–H and O–H groups in total. The van der Waals surface area contributed by atoms with Crippen molar-refractivity contribution in [1.29, 1.82) is 0 Å². The van der Waals surface area contributed by atoms with Gasteiger partial charge in [-0.15, -0.1) is 22.7 Å². The molecule has 2 aromatic heterocycles. The largest absolute Gasteiger partial charge is 0.496 e. The molecule has 6 rings (SSSR count).